The zero-order valence-corrected chi connectivity index (χ0v) is 14.4. The monoisotopic (exact) mass is 322 g/mol. The first kappa shape index (κ1) is 17.4. The Morgan fingerprint density at radius 2 is 1.91 bits per heavy atom. The lowest BCUT2D eigenvalue weighted by atomic mass is 9.89. The molecule has 0 heterocycles. The van der Waals surface area contributed by atoms with Crippen LogP contribution in [0.25, 0.3) is 0 Å². The Labute approximate surface area is 137 Å². The highest BCUT2D eigenvalue weighted by molar-refractivity contribution is 5.88. The molecule has 1 saturated carbocycles. The van der Waals surface area contributed by atoms with E-state index in [0.29, 0.717) is 23.6 Å². The van der Waals surface area contributed by atoms with E-state index in [0.717, 1.165) is 18.5 Å². The molecule has 0 saturated heterocycles. The summed E-state index contributed by atoms with van der Waals surface area (Å²) in [5.74, 6) is 0.588. The van der Waals surface area contributed by atoms with Gasteiger partial charge < -0.3 is 19.5 Å². The second-order valence-electron chi connectivity index (χ2n) is 6.71. The Hall–Kier alpha value is -1.95. The minimum atomic E-state index is -0.547. The lowest BCUT2D eigenvalue weighted by Crippen LogP contribution is -2.40. The maximum atomic E-state index is 12.0. The fourth-order valence-electron chi connectivity index (χ4n) is 2.42. The van der Waals surface area contributed by atoms with Crippen LogP contribution in [-0.2, 0) is 9.47 Å². The molecule has 0 spiro atoms. The average Bonchev–Trinajstić information content (AvgIpc) is 2.40. The number of benzene rings is 1. The highest BCUT2D eigenvalue weighted by atomic mass is 16.6. The average molecular weight is 322 g/mol. The van der Waals surface area contributed by atoms with Crippen LogP contribution < -0.4 is 15.4 Å². The van der Waals surface area contributed by atoms with Crippen molar-refractivity contribution < 1.29 is 19.0 Å². The summed E-state index contributed by atoms with van der Waals surface area (Å²) in [5, 5.41) is 6.16. The quantitative estimate of drug-likeness (QED) is 0.866. The molecule has 23 heavy (non-hydrogen) atoms. The summed E-state index contributed by atoms with van der Waals surface area (Å²) < 4.78 is 15.9. The third-order valence-corrected chi connectivity index (χ3v) is 3.63. The molecule has 1 aliphatic carbocycles. The van der Waals surface area contributed by atoms with Crippen molar-refractivity contribution >= 4 is 17.5 Å². The van der Waals surface area contributed by atoms with Crippen molar-refractivity contribution in [2.75, 3.05) is 24.9 Å². The van der Waals surface area contributed by atoms with Crippen molar-refractivity contribution in [3.63, 3.8) is 0 Å². The van der Waals surface area contributed by atoms with Gasteiger partial charge >= 0.3 is 6.09 Å². The minimum absolute atomic E-state index is 0.338. The van der Waals surface area contributed by atoms with Gasteiger partial charge in [0, 0.05) is 18.8 Å². The van der Waals surface area contributed by atoms with Crippen LogP contribution in [0.15, 0.2) is 18.2 Å². The first-order valence-corrected chi connectivity index (χ1v) is 7.78. The van der Waals surface area contributed by atoms with E-state index in [4.69, 9.17) is 14.2 Å². The van der Waals surface area contributed by atoms with Gasteiger partial charge in [0.25, 0.3) is 0 Å². The summed E-state index contributed by atoms with van der Waals surface area (Å²) in [5.41, 5.74) is 0.958. The lowest BCUT2D eigenvalue weighted by molar-refractivity contribution is 0.0329. The Balaban J connectivity index is 2.02. The van der Waals surface area contributed by atoms with Crippen molar-refractivity contribution in [1.29, 1.82) is 0 Å². The van der Waals surface area contributed by atoms with Gasteiger partial charge in [-0.1, -0.05) is 0 Å². The fourth-order valence-corrected chi connectivity index (χ4v) is 2.42. The number of anilines is 2. The van der Waals surface area contributed by atoms with Gasteiger partial charge in [-0.05, 0) is 51.8 Å². The van der Waals surface area contributed by atoms with E-state index >= 15 is 0 Å². The Bertz CT molecular complexity index is 548. The molecule has 0 aliphatic heterocycles. The van der Waals surface area contributed by atoms with Gasteiger partial charge in [-0.3, -0.25) is 5.32 Å². The summed E-state index contributed by atoms with van der Waals surface area (Å²) in [7, 11) is 3.30. The number of nitrogens with one attached hydrogen (secondary N) is 2. The van der Waals surface area contributed by atoms with Crippen LogP contribution in [0.4, 0.5) is 16.2 Å². The first-order chi connectivity index (χ1) is 10.8. The summed E-state index contributed by atoms with van der Waals surface area (Å²) in [4.78, 5) is 12.0. The molecule has 1 amide bonds. The normalized spacial score (nSPS) is 20.4. The Morgan fingerprint density at radius 1 is 1.22 bits per heavy atom. The van der Waals surface area contributed by atoms with E-state index in [1.165, 1.54) is 0 Å². The second kappa shape index (κ2) is 7.08. The van der Waals surface area contributed by atoms with Crippen molar-refractivity contribution in [2.45, 2.75) is 51.4 Å². The number of carbonyl (C=O) groups excluding carboxylic acids is 1. The van der Waals surface area contributed by atoms with Crippen LogP contribution in [0.3, 0.4) is 0 Å². The molecule has 6 heteroatoms. The molecule has 2 rings (SSSR count). The maximum Gasteiger partial charge on any atom is 0.412 e. The topological polar surface area (TPSA) is 68.8 Å². The number of amides is 1. The van der Waals surface area contributed by atoms with Gasteiger partial charge in [-0.25, -0.2) is 4.79 Å². The molecular weight excluding hydrogens is 296 g/mol. The molecular formula is C17H26N2O4. The molecule has 6 nitrogen and oxygen atoms in total. The van der Waals surface area contributed by atoms with E-state index in [2.05, 4.69) is 10.6 Å². The van der Waals surface area contributed by atoms with Crippen LogP contribution in [0.5, 0.6) is 5.75 Å². The minimum Gasteiger partial charge on any atom is -0.495 e. The van der Waals surface area contributed by atoms with Crippen LogP contribution in [0, 0.1) is 0 Å². The van der Waals surface area contributed by atoms with E-state index < -0.39 is 11.7 Å². The number of hydrogen-bond acceptors (Lipinski definition) is 5. The third-order valence-electron chi connectivity index (χ3n) is 3.63. The summed E-state index contributed by atoms with van der Waals surface area (Å²) in [6, 6.07) is 5.99. The van der Waals surface area contributed by atoms with Gasteiger partial charge in [-0.15, -0.1) is 0 Å². The third kappa shape index (κ3) is 5.03. The highest BCUT2D eigenvalue weighted by Crippen LogP contribution is 2.31. The van der Waals surface area contributed by atoms with E-state index in [9.17, 15) is 4.79 Å². The van der Waals surface area contributed by atoms with Crippen molar-refractivity contribution in [3.05, 3.63) is 18.2 Å². The SMILES string of the molecule is COc1ccc(NC2CC(OC)C2)cc1NC(=O)OC(C)(C)C. The van der Waals surface area contributed by atoms with E-state index in [1.54, 1.807) is 14.2 Å². The zero-order chi connectivity index (χ0) is 17.0. The van der Waals surface area contributed by atoms with Crippen molar-refractivity contribution in [2.24, 2.45) is 0 Å². The first-order valence-electron chi connectivity index (χ1n) is 7.78. The largest absolute Gasteiger partial charge is 0.495 e. The molecule has 1 aromatic carbocycles. The molecule has 1 aliphatic rings. The van der Waals surface area contributed by atoms with Gasteiger partial charge in [0.05, 0.1) is 18.9 Å². The van der Waals surface area contributed by atoms with Gasteiger partial charge in [-0.2, -0.15) is 0 Å². The highest BCUT2D eigenvalue weighted by Gasteiger charge is 2.29. The number of hydrogen-bond donors (Lipinski definition) is 2. The van der Waals surface area contributed by atoms with Crippen molar-refractivity contribution in [1.82, 2.24) is 0 Å². The zero-order valence-electron chi connectivity index (χ0n) is 14.4. The lowest BCUT2D eigenvalue weighted by Gasteiger charge is -2.35. The predicted molar refractivity (Wildman–Crippen MR) is 90.3 cm³/mol. The van der Waals surface area contributed by atoms with Crippen LogP contribution in [-0.4, -0.2) is 38.1 Å². The molecule has 0 atom stereocenters. The molecule has 128 valence electrons. The predicted octanol–water partition coefficient (Wildman–Crippen LogP) is 3.63. The Kier molecular flexibility index (Phi) is 5.36. The summed E-state index contributed by atoms with van der Waals surface area (Å²) in [6.07, 6.45) is 1.80. The molecule has 0 aromatic heterocycles. The van der Waals surface area contributed by atoms with Gasteiger partial charge in [0.1, 0.15) is 11.4 Å². The standard InChI is InChI=1S/C17H26N2O4/c1-17(2,3)23-16(20)19-14-10-11(6-7-15(14)22-5)18-12-8-13(9-12)21-4/h6-7,10,12-13,18H,8-9H2,1-5H3,(H,19,20). The molecule has 0 bridgehead atoms. The molecule has 2 N–H and O–H groups in total. The Morgan fingerprint density at radius 3 is 2.48 bits per heavy atom. The molecule has 1 aromatic rings. The van der Waals surface area contributed by atoms with Crippen LogP contribution >= 0.6 is 0 Å². The van der Waals surface area contributed by atoms with Crippen LogP contribution in [0.2, 0.25) is 0 Å². The maximum absolute atomic E-state index is 12.0. The van der Waals surface area contributed by atoms with Crippen molar-refractivity contribution in [3.8, 4) is 5.75 Å². The van der Waals surface area contributed by atoms with E-state index in [1.807, 2.05) is 39.0 Å². The van der Waals surface area contributed by atoms with E-state index in [-0.39, 0.29) is 0 Å². The smallest absolute Gasteiger partial charge is 0.412 e. The van der Waals surface area contributed by atoms with Crippen LogP contribution in [0.1, 0.15) is 33.6 Å². The van der Waals surface area contributed by atoms with Gasteiger partial charge in [0.15, 0.2) is 0 Å². The second-order valence-corrected chi connectivity index (χ2v) is 6.71. The molecule has 1 fully saturated rings. The number of rotatable bonds is 5. The summed E-state index contributed by atoms with van der Waals surface area (Å²) in [6.45, 7) is 5.47. The number of ether oxygens (including phenoxy) is 3. The fraction of sp³-hybridized carbons (Fsp3) is 0.588. The molecule has 0 unspecified atom stereocenters. The molecule has 0 radical (unpaired) electrons. The number of carbonyl (C=O) groups is 1. The van der Waals surface area contributed by atoms with Gasteiger partial charge in [0.2, 0.25) is 0 Å². The summed E-state index contributed by atoms with van der Waals surface area (Å²) >= 11 is 0. The number of methoxy groups -OCH3 is 2.